The van der Waals surface area contributed by atoms with Crippen molar-refractivity contribution in [2.45, 2.75) is 59.3 Å². The second-order valence-electron chi connectivity index (χ2n) is 10.1. The molecule has 39 heavy (non-hydrogen) atoms. The highest BCUT2D eigenvalue weighted by atomic mass is 16.5. The SMILES string of the molecule is C=C/C(=C\C(CC)=C(/C=C)OC)c1noc(CCCC(=O)NCC(C)(C)CN=C(N)C2=CCCC=C2CN)n1. The molecule has 212 valence electrons. The van der Waals surface area contributed by atoms with Gasteiger partial charge in [0.15, 0.2) is 0 Å². The molecule has 1 aromatic rings. The second kappa shape index (κ2) is 15.6. The minimum absolute atomic E-state index is 0.0379. The third-order valence-electron chi connectivity index (χ3n) is 6.36. The van der Waals surface area contributed by atoms with E-state index in [1.807, 2.05) is 26.8 Å². The van der Waals surface area contributed by atoms with Crippen LogP contribution in [0.4, 0.5) is 0 Å². The molecule has 9 heteroatoms. The highest BCUT2D eigenvalue weighted by Gasteiger charge is 2.20. The summed E-state index contributed by atoms with van der Waals surface area (Å²) >= 11 is 0. The first-order valence-electron chi connectivity index (χ1n) is 13.4. The van der Waals surface area contributed by atoms with E-state index >= 15 is 0 Å². The van der Waals surface area contributed by atoms with Gasteiger partial charge in [0.25, 0.3) is 0 Å². The number of allylic oxidation sites excluding steroid dienone is 7. The molecule has 0 fully saturated rings. The minimum atomic E-state index is -0.253. The summed E-state index contributed by atoms with van der Waals surface area (Å²) in [6.45, 7) is 15.2. The number of rotatable bonds is 16. The van der Waals surface area contributed by atoms with Gasteiger partial charge in [-0.15, -0.1) is 0 Å². The number of methoxy groups -OCH3 is 1. The number of aliphatic imine (C=N–C) groups is 1. The van der Waals surface area contributed by atoms with Crippen LogP contribution in [0.2, 0.25) is 0 Å². The van der Waals surface area contributed by atoms with E-state index in [4.69, 9.17) is 20.7 Å². The van der Waals surface area contributed by atoms with Crippen LogP contribution in [-0.2, 0) is 16.0 Å². The van der Waals surface area contributed by atoms with Crippen LogP contribution in [0, 0.1) is 5.41 Å². The van der Waals surface area contributed by atoms with Gasteiger partial charge in [0.2, 0.25) is 17.6 Å². The van der Waals surface area contributed by atoms with E-state index in [-0.39, 0.29) is 11.3 Å². The fourth-order valence-corrected chi connectivity index (χ4v) is 4.02. The number of aryl methyl sites for hydroxylation is 1. The third kappa shape index (κ3) is 9.83. The van der Waals surface area contributed by atoms with E-state index in [1.165, 1.54) is 0 Å². The van der Waals surface area contributed by atoms with Gasteiger partial charge in [-0.1, -0.05) is 57.3 Å². The van der Waals surface area contributed by atoms with Crippen LogP contribution in [0.15, 0.2) is 75.5 Å². The van der Waals surface area contributed by atoms with Crippen molar-refractivity contribution in [1.82, 2.24) is 15.5 Å². The lowest BCUT2D eigenvalue weighted by molar-refractivity contribution is -0.121. The molecule has 0 aliphatic heterocycles. The molecule has 0 unspecified atom stereocenters. The van der Waals surface area contributed by atoms with E-state index in [1.54, 1.807) is 19.3 Å². The predicted octanol–water partition coefficient (Wildman–Crippen LogP) is 4.56. The average molecular weight is 537 g/mol. The van der Waals surface area contributed by atoms with Crippen molar-refractivity contribution in [3.63, 3.8) is 0 Å². The van der Waals surface area contributed by atoms with Gasteiger partial charge < -0.3 is 26.0 Å². The number of carbonyl (C=O) groups excluding carboxylic acids is 1. The van der Waals surface area contributed by atoms with Crippen LogP contribution in [0.3, 0.4) is 0 Å². The Labute approximate surface area is 232 Å². The molecule has 2 rings (SSSR count). The van der Waals surface area contributed by atoms with Crippen molar-refractivity contribution in [2.75, 3.05) is 26.7 Å². The van der Waals surface area contributed by atoms with Gasteiger partial charge in [0.1, 0.15) is 11.6 Å². The Morgan fingerprint density at radius 1 is 1.28 bits per heavy atom. The summed E-state index contributed by atoms with van der Waals surface area (Å²) in [5.41, 5.74) is 15.5. The molecule has 1 amide bonds. The van der Waals surface area contributed by atoms with Gasteiger partial charge in [-0.25, -0.2) is 0 Å². The normalized spacial score (nSPS) is 15.2. The number of amidine groups is 1. The zero-order valence-electron chi connectivity index (χ0n) is 23.9. The molecule has 0 atom stereocenters. The van der Waals surface area contributed by atoms with Crippen LogP contribution < -0.4 is 16.8 Å². The lowest BCUT2D eigenvalue weighted by Crippen LogP contribution is -2.36. The molecule has 0 saturated carbocycles. The Kier molecular flexibility index (Phi) is 12.6. The van der Waals surface area contributed by atoms with Crippen molar-refractivity contribution in [1.29, 1.82) is 0 Å². The minimum Gasteiger partial charge on any atom is -0.497 e. The first-order chi connectivity index (χ1) is 18.7. The maximum atomic E-state index is 12.5. The first kappa shape index (κ1) is 31.5. The van der Waals surface area contributed by atoms with E-state index in [2.05, 4.69) is 45.8 Å². The molecule has 0 bridgehead atoms. The topological polar surface area (TPSA) is 142 Å². The van der Waals surface area contributed by atoms with Crippen molar-refractivity contribution < 1.29 is 14.1 Å². The molecule has 9 nitrogen and oxygen atoms in total. The van der Waals surface area contributed by atoms with Crippen molar-refractivity contribution in [2.24, 2.45) is 21.9 Å². The average Bonchev–Trinajstić information content (AvgIpc) is 3.41. The lowest BCUT2D eigenvalue weighted by Gasteiger charge is -2.23. The molecule has 1 aromatic heterocycles. The number of aromatic nitrogens is 2. The van der Waals surface area contributed by atoms with Crippen LogP contribution in [0.25, 0.3) is 5.57 Å². The predicted molar refractivity (Wildman–Crippen MR) is 158 cm³/mol. The summed E-state index contributed by atoms with van der Waals surface area (Å²) in [5.74, 6) is 2.06. The monoisotopic (exact) mass is 536 g/mol. The Morgan fingerprint density at radius 3 is 2.67 bits per heavy atom. The number of hydrogen-bond acceptors (Lipinski definition) is 7. The molecule has 0 aromatic carbocycles. The summed E-state index contributed by atoms with van der Waals surface area (Å²) in [7, 11) is 1.60. The summed E-state index contributed by atoms with van der Waals surface area (Å²) < 4.78 is 10.8. The maximum Gasteiger partial charge on any atom is 0.226 e. The van der Waals surface area contributed by atoms with Gasteiger partial charge >= 0.3 is 0 Å². The quantitative estimate of drug-likeness (QED) is 0.122. The molecular formula is C30H44N6O3. The van der Waals surface area contributed by atoms with Gasteiger partial charge in [0.05, 0.1) is 7.11 Å². The molecule has 0 radical (unpaired) electrons. The third-order valence-corrected chi connectivity index (χ3v) is 6.36. The van der Waals surface area contributed by atoms with E-state index < -0.39 is 0 Å². The fraction of sp³-hybridized carbons (Fsp3) is 0.467. The van der Waals surface area contributed by atoms with Gasteiger partial charge in [-0.3, -0.25) is 9.79 Å². The molecular weight excluding hydrogens is 492 g/mol. The lowest BCUT2D eigenvalue weighted by atomic mass is 9.93. The zero-order chi connectivity index (χ0) is 28.8. The number of amides is 1. The highest BCUT2D eigenvalue weighted by Crippen LogP contribution is 2.21. The zero-order valence-corrected chi connectivity index (χ0v) is 23.9. The molecule has 0 spiro atoms. The van der Waals surface area contributed by atoms with E-state index in [0.717, 1.165) is 41.6 Å². The van der Waals surface area contributed by atoms with Crippen molar-refractivity contribution in [3.05, 3.63) is 77.7 Å². The second-order valence-corrected chi connectivity index (χ2v) is 10.1. The molecule has 1 aliphatic carbocycles. The van der Waals surface area contributed by atoms with Crippen LogP contribution in [0.5, 0.6) is 0 Å². The van der Waals surface area contributed by atoms with Crippen LogP contribution in [0.1, 0.15) is 64.6 Å². The molecule has 1 aliphatic rings. The van der Waals surface area contributed by atoms with Gasteiger partial charge in [0, 0.05) is 49.0 Å². The summed E-state index contributed by atoms with van der Waals surface area (Å²) in [6, 6.07) is 0. The van der Waals surface area contributed by atoms with Crippen molar-refractivity contribution >= 4 is 17.3 Å². The fourth-order valence-electron chi connectivity index (χ4n) is 4.02. The first-order valence-corrected chi connectivity index (χ1v) is 13.4. The Balaban J connectivity index is 1.86. The van der Waals surface area contributed by atoms with Gasteiger partial charge in [-0.2, -0.15) is 4.98 Å². The summed E-state index contributed by atoms with van der Waals surface area (Å²) in [5, 5.41) is 7.08. The number of nitrogens with zero attached hydrogens (tertiary/aromatic N) is 3. The summed E-state index contributed by atoms with van der Waals surface area (Å²) in [4.78, 5) is 21.5. The van der Waals surface area contributed by atoms with Crippen LogP contribution >= 0.6 is 0 Å². The number of hydrogen-bond donors (Lipinski definition) is 3. The number of ether oxygens (including phenoxy) is 1. The van der Waals surface area contributed by atoms with Gasteiger partial charge in [-0.05, 0) is 49.0 Å². The number of nitrogens with one attached hydrogen (secondary N) is 1. The smallest absolute Gasteiger partial charge is 0.226 e. The standard InChI is InChI=1S/C30H44N6O3/c1-7-21(25(9-3)38-6)17-22(8-2)29-35-27(39-36-29)16-12-15-26(37)33-19-30(4,5)20-34-28(32)24-14-11-10-13-23(24)18-31/h8-9,13-14,17H,2-3,7,10-12,15-16,18-20,31H2,1,4-6H3,(H2,32,34)(H,33,37)/b22-17+,25-21+. The Bertz CT molecular complexity index is 1170. The molecule has 0 saturated heterocycles. The maximum absolute atomic E-state index is 12.5. The largest absolute Gasteiger partial charge is 0.497 e. The molecule has 1 heterocycles. The number of carbonyl (C=O) groups is 1. The summed E-state index contributed by atoms with van der Waals surface area (Å²) in [6.07, 6.45) is 13.5. The Morgan fingerprint density at radius 2 is 2.03 bits per heavy atom. The number of nitrogens with two attached hydrogens (primary N) is 2. The highest BCUT2D eigenvalue weighted by molar-refractivity contribution is 6.01. The van der Waals surface area contributed by atoms with Crippen LogP contribution in [-0.4, -0.2) is 48.6 Å². The van der Waals surface area contributed by atoms with E-state index in [9.17, 15) is 4.79 Å². The van der Waals surface area contributed by atoms with E-state index in [0.29, 0.717) is 62.2 Å². The molecule has 5 N–H and O–H groups in total. The Hall–Kier alpha value is -3.72. The van der Waals surface area contributed by atoms with Crippen molar-refractivity contribution in [3.8, 4) is 0 Å².